The Balaban J connectivity index is 1.30. The molecular formula is C31H32N2O5. The van der Waals surface area contributed by atoms with E-state index in [-0.39, 0.29) is 5.97 Å². The van der Waals surface area contributed by atoms with Crippen LogP contribution in [0.4, 0.5) is 0 Å². The number of hydrogen-bond acceptors (Lipinski definition) is 7. The zero-order valence-corrected chi connectivity index (χ0v) is 21.8. The van der Waals surface area contributed by atoms with E-state index in [9.17, 15) is 4.79 Å². The number of nitrogens with zero attached hydrogens (tertiary/aromatic N) is 2. The van der Waals surface area contributed by atoms with Crippen molar-refractivity contribution < 1.29 is 23.5 Å². The highest BCUT2D eigenvalue weighted by atomic mass is 16.6. The normalized spacial score (nSPS) is 11.3. The number of aromatic nitrogens is 1. The lowest BCUT2D eigenvalue weighted by molar-refractivity contribution is -0.143. The fraction of sp³-hybridized carbons (Fsp3) is 0.258. The first-order chi connectivity index (χ1) is 18.6. The second-order valence-corrected chi connectivity index (χ2v) is 8.66. The molecule has 0 saturated carbocycles. The van der Waals surface area contributed by atoms with Gasteiger partial charge in [0.1, 0.15) is 30.4 Å². The first-order valence-electron chi connectivity index (χ1n) is 12.8. The summed E-state index contributed by atoms with van der Waals surface area (Å²) in [5.74, 6) is 1.86. The molecule has 0 atom stereocenters. The van der Waals surface area contributed by atoms with Crippen molar-refractivity contribution in [3.63, 3.8) is 0 Å². The molecule has 0 spiro atoms. The number of aryl methyl sites for hydroxylation is 1. The van der Waals surface area contributed by atoms with E-state index in [2.05, 4.69) is 10.1 Å². The molecule has 3 aromatic carbocycles. The van der Waals surface area contributed by atoms with E-state index < -0.39 is 0 Å². The van der Waals surface area contributed by atoms with Crippen LogP contribution in [0.15, 0.2) is 94.5 Å². The predicted molar refractivity (Wildman–Crippen MR) is 146 cm³/mol. The minimum absolute atomic E-state index is 0.196. The van der Waals surface area contributed by atoms with Gasteiger partial charge in [0.2, 0.25) is 5.89 Å². The van der Waals surface area contributed by atoms with Gasteiger partial charge >= 0.3 is 5.97 Å². The molecule has 38 heavy (non-hydrogen) atoms. The molecule has 4 rings (SSSR count). The van der Waals surface area contributed by atoms with E-state index in [1.165, 1.54) is 0 Å². The van der Waals surface area contributed by atoms with Gasteiger partial charge in [0, 0.05) is 12.0 Å². The molecule has 0 aliphatic carbocycles. The predicted octanol–water partition coefficient (Wildman–Crippen LogP) is 6.88. The number of ether oxygens (including phenoxy) is 2. The molecular weight excluding hydrogens is 480 g/mol. The molecule has 0 radical (unpaired) electrons. The molecule has 0 bridgehead atoms. The van der Waals surface area contributed by atoms with Gasteiger partial charge in [-0.05, 0) is 62.1 Å². The van der Waals surface area contributed by atoms with Crippen molar-refractivity contribution in [2.45, 2.75) is 46.3 Å². The zero-order valence-electron chi connectivity index (χ0n) is 21.8. The van der Waals surface area contributed by atoms with Crippen LogP contribution in [0.1, 0.15) is 48.8 Å². The van der Waals surface area contributed by atoms with Crippen LogP contribution >= 0.6 is 0 Å². The summed E-state index contributed by atoms with van der Waals surface area (Å²) in [6.45, 7) is 4.71. The number of oxime groups is 1. The Bertz CT molecular complexity index is 1320. The number of esters is 1. The van der Waals surface area contributed by atoms with Gasteiger partial charge in [0.05, 0.1) is 12.3 Å². The second-order valence-electron chi connectivity index (χ2n) is 8.66. The average Bonchev–Trinajstić information content (AvgIpc) is 3.33. The molecule has 1 heterocycles. The quantitative estimate of drug-likeness (QED) is 0.110. The standard InChI is InChI=1S/C31H32N2O5/c1-3-35-30(34)16-10-15-28(25-11-6-4-7-12-25)33-37-21-24-17-19-27(20-18-24)36-22-29-23(2)38-31(32-29)26-13-8-5-9-14-26/h4-9,11-14,17-20H,3,10,15-16,21-22H2,1-2H3/b33-28+. The van der Waals surface area contributed by atoms with E-state index in [1.807, 2.05) is 91.9 Å². The molecule has 0 aliphatic heterocycles. The second kappa shape index (κ2) is 13.8. The van der Waals surface area contributed by atoms with Gasteiger partial charge in [-0.25, -0.2) is 4.98 Å². The van der Waals surface area contributed by atoms with Gasteiger partial charge in [-0.15, -0.1) is 0 Å². The van der Waals surface area contributed by atoms with Crippen LogP contribution in [0.5, 0.6) is 5.75 Å². The van der Waals surface area contributed by atoms with Crippen molar-refractivity contribution in [1.29, 1.82) is 0 Å². The fourth-order valence-electron chi connectivity index (χ4n) is 3.79. The van der Waals surface area contributed by atoms with Crippen molar-refractivity contribution in [3.05, 3.63) is 108 Å². The lowest BCUT2D eigenvalue weighted by atomic mass is 10.0. The lowest BCUT2D eigenvalue weighted by Gasteiger charge is -2.08. The number of carbonyl (C=O) groups excluding carboxylic acids is 1. The maximum atomic E-state index is 11.7. The van der Waals surface area contributed by atoms with Crippen LogP contribution in [0.3, 0.4) is 0 Å². The van der Waals surface area contributed by atoms with Gasteiger partial charge < -0.3 is 18.7 Å². The molecule has 196 valence electrons. The van der Waals surface area contributed by atoms with Crippen LogP contribution < -0.4 is 4.74 Å². The van der Waals surface area contributed by atoms with Crippen molar-refractivity contribution >= 4 is 11.7 Å². The minimum atomic E-state index is -0.196. The van der Waals surface area contributed by atoms with Crippen LogP contribution in [0.2, 0.25) is 0 Å². The zero-order chi connectivity index (χ0) is 26.6. The fourth-order valence-corrected chi connectivity index (χ4v) is 3.79. The van der Waals surface area contributed by atoms with Crippen molar-refractivity contribution in [3.8, 4) is 17.2 Å². The summed E-state index contributed by atoms with van der Waals surface area (Å²) < 4.78 is 16.8. The third-order valence-electron chi connectivity index (χ3n) is 5.83. The summed E-state index contributed by atoms with van der Waals surface area (Å²) in [7, 11) is 0. The summed E-state index contributed by atoms with van der Waals surface area (Å²) in [5.41, 5.74) is 4.43. The van der Waals surface area contributed by atoms with Gasteiger partial charge in [-0.2, -0.15) is 0 Å². The maximum Gasteiger partial charge on any atom is 0.305 e. The topological polar surface area (TPSA) is 83.2 Å². The molecule has 1 aromatic heterocycles. The smallest absolute Gasteiger partial charge is 0.305 e. The first-order valence-corrected chi connectivity index (χ1v) is 12.8. The van der Waals surface area contributed by atoms with Gasteiger partial charge in [-0.3, -0.25) is 4.79 Å². The van der Waals surface area contributed by atoms with E-state index in [0.717, 1.165) is 39.6 Å². The Hall–Kier alpha value is -4.39. The molecule has 4 aromatic rings. The van der Waals surface area contributed by atoms with Crippen LogP contribution in [-0.4, -0.2) is 23.3 Å². The Morgan fingerprint density at radius 1 is 0.895 bits per heavy atom. The third kappa shape index (κ3) is 7.80. The Morgan fingerprint density at radius 3 is 2.32 bits per heavy atom. The van der Waals surface area contributed by atoms with Crippen LogP contribution in [0.25, 0.3) is 11.5 Å². The van der Waals surface area contributed by atoms with Crippen LogP contribution in [-0.2, 0) is 27.6 Å². The number of hydrogen-bond donors (Lipinski definition) is 0. The summed E-state index contributed by atoms with van der Waals surface area (Å²) in [5, 5.41) is 4.38. The summed E-state index contributed by atoms with van der Waals surface area (Å²) in [4.78, 5) is 21.9. The third-order valence-corrected chi connectivity index (χ3v) is 5.83. The summed E-state index contributed by atoms with van der Waals surface area (Å²) >= 11 is 0. The molecule has 7 nitrogen and oxygen atoms in total. The van der Waals surface area contributed by atoms with E-state index in [1.54, 1.807) is 6.92 Å². The molecule has 0 saturated heterocycles. The highest BCUT2D eigenvalue weighted by molar-refractivity contribution is 6.00. The van der Waals surface area contributed by atoms with Gasteiger partial charge in [-0.1, -0.05) is 65.8 Å². The molecule has 0 unspecified atom stereocenters. The number of rotatable bonds is 13. The monoisotopic (exact) mass is 512 g/mol. The number of carbonyl (C=O) groups is 1. The SMILES string of the molecule is CCOC(=O)CCC/C(=N\OCc1ccc(OCc2nc(-c3ccccc3)oc2C)cc1)c1ccccc1. The minimum Gasteiger partial charge on any atom is -0.487 e. The largest absolute Gasteiger partial charge is 0.487 e. The van der Waals surface area contributed by atoms with Gasteiger partial charge in [0.25, 0.3) is 0 Å². The highest BCUT2D eigenvalue weighted by Crippen LogP contribution is 2.23. The molecule has 0 amide bonds. The van der Waals surface area contributed by atoms with Crippen molar-refractivity contribution in [1.82, 2.24) is 4.98 Å². The van der Waals surface area contributed by atoms with Gasteiger partial charge in [0.15, 0.2) is 0 Å². The molecule has 0 aliphatic rings. The summed E-state index contributed by atoms with van der Waals surface area (Å²) in [6.07, 6.45) is 1.60. The Labute approximate surface area is 223 Å². The molecule has 0 N–H and O–H groups in total. The Kier molecular flexibility index (Phi) is 9.68. The van der Waals surface area contributed by atoms with E-state index >= 15 is 0 Å². The van der Waals surface area contributed by atoms with E-state index in [4.69, 9.17) is 18.7 Å². The molecule has 0 fully saturated rings. The number of oxazole rings is 1. The number of benzene rings is 3. The average molecular weight is 513 g/mol. The Morgan fingerprint density at radius 2 is 1.61 bits per heavy atom. The highest BCUT2D eigenvalue weighted by Gasteiger charge is 2.12. The van der Waals surface area contributed by atoms with E-state index in [0.29, 0.717) is 45.0 Å². The molecule has 7 heteroatoms. The van der Waals surface area contributed by atoms with Crippen LogP contribution in [0, 0.1) is 6.92 Å². The van der Waals surface area contributed by atoms with Crippen molar-refractivity contribution in [2.75, 3.05) is 6.61 Å². The first kappa shape index (κ1) is 26.7. The maximum absolute atomic E-state index is 11.7. The lowest BCUT2D eigenvalue weighted by Crippen LogP contribution is -2.07. The van der Waals surface area contributed by atoms with Crippen molar-refractivity contribution in [2.24, 2.45) is 5.16 Å². The summed E-state index contributed by atoms with van der Waals surface area (Å²) in [6, 6.07) is 27.3.